The van der Waals surface area contributed by atoms with Gasteiger partial charge in [-0.2, -0.15) is 0 Å². The molecule has 0 saturated heterocycles. The number of amides is 2. The molecule has 1 heterocycles. The first-order valence-electron chi connectivity index (χ1n) is 10.4. The van der Waals surface area contributed by atoms with Gasteiger partial charge >= 0.3 is 0 Å². The minimum absolute atomic E-state index is 0.0289. The predicted octanol–water partition coefficient (Wildman–Crippen LogP) is 4.05. The van der Waals surface area contributed by atoms with Crippen molar-refractivity contribution < 1.29 is 18.0 Å². The summed E-state index contributed by atoms with van der Waals surface area (Å²) in [7, 11) is -3.79. The van der Waals surface area contributed by atoms with Gasteiger partial charge in [0.05, 0.1) is 10.6 Å². The zero-order valence-electron chi connectivity index (χ0n) is 18.6. The Balaban J connectivity index is 1.64. The summed E-state index contributed by atoms with van der Waals surface area (Å²) < 4.78 is 27.5. The lowest BCUT2D eigenvalue weighted by Crippen LogP contribution is -2.42. The third-order valence-corrected chi connectivity index (χ3v) is 6.50. The number of hydrogen-bond donors (Lipinski definition) is 3. The Bertz CT molecular complexity index is 1220. The summed E-state index contributed by atoms with van der Waals surface area (Å²) in [4.78, 5) is 28.8. The van der Waals surface area contributed by atoms with Crippen LogP contribution in [0, 0.1) is 0 Å². The molecule has 0 fully saturated rings. The molecule has 8 nitrogen and oxygen atoms in total. The Kier molecular flexibility index (Phi) is 7.13. The lowest BCUT2D eigenvalue weighted by molar-refractivity contribution is 0.0910. The van der Waals surface area contributed by atoms with Crippen LogP contribution in [0.3, 0.4) is 0 Å². The van der Waals surface area contributed by atoms with E-state index in [4.69, 9.17) is 0 Å². The number of hydrogen-bond acceptors (Lipinski definition) is 5. The van der Waals surface area contributed by atoms with Gasteiger partial charge in [0.1, 0.15) is 0 Å². The number of carbonyl (C=O) groups is 2. The predicted molar refractivity (Wildman–Crippen MR) is 128 cm³/mol. The molecule has 0 aliphatic heterocycles. The molecule has 0 saturated carbocycles. The van der Waals surface area contributed by atoms with Gasteiger partial charge in [-0.15, -0.1) is 0 Å². The van der Waals surface area contributed by atoms with Crippen LogP contribution >= 0.6 is 0 Å². The summed E-state index contributed by atoms with van der Waals surface area (Å²) in [6, 6.07) is 15.2. The summed E-state index contributed by atoms with van der Waals surface area (Å²) in [5.41, 5.74) is 1.39. The zero-order chi connectivity index (χ0) is 24.1. The van der Waals surface area contributed by atoms with E-state index in [0.29, 0.717) is 22.5 Å². The van der Waals surface area contributed by atoms with Crippen LogP contribution in [-0.4, -0.2) is 30.8 Å². The fourth-order valence-corrected chi connectivity index (χ4v) is 3.85. The quantitative estimate of drug-likeness (QED) is 0.463. The molecule has 2 amide bonds. The highest BCUT2D eigenvalue weighted by atomic mass is 32.2. The van der Waals surface area contributed by atoms with E-state index >= 15 is 0 Å². The van der Waals surface area contributed by atoms with Crippen LogP contribution in [0.25, 0.3) is 0 Å². The van der Waals surface area contributed by atoms with E-state index in [1.54, 1.807) is 36.4 Å². The molecule has 0 aliphatic carbocycles. The highest BCUT2D eigenvalue weighted by molar-refractivity contribution is 7.92. The van der Waals surface area contributed by atoms with E-state index in [1.807, 2.05) is 20.8 Å². The number of rotatable bonds is 8. The minimum atomic E-state index is -3.79. The summed E-state index contributed by atoms with van der Waals surface area (Å²) in [6.45, 7) is 5.90. The van der Waals surface area contributed by atoms with Crippen LogP contribution in [0.2, 0.25) is 0 Å². The second kappa shape index (κ2) is 9.83. The Morgan fingerprint density at radius 3 is 1.94 bits per heavy atom. The van der Waals surface area contributed by atoms with Gasteiger partial charge in [-0.25, -0.2) is 8.42 Å². The van der Waals surface area contributed by atoms with Crippen LogP contribution in [0.4, 0.5) is 11.4 Å². The summed E-state index contributed by atoms with van der Waals surface area (Å²) in [6.07, 6.45) is 3.76. The summed E-state index contributed by atoms with van der Waals surface area (Å²) in [5, 5.41) is 5.70. The number of carbonyl (C=O) groups excluding carboxylic acids is 2. The van der Waals surface area contributed by atoms with Crippen molar-refractivity contribution in [1.82, 2.24) is 10.3 Å². The molecule has 0 atom stereocenters. The van der Waals surface area contributed by atoms with E-state index < -0.39 is 15.9 Å². The minimum Gasteiger partial charge on any atom is -0.347 e. The van der Waals surface area contributed by atoms with Crippen LogP contribution < -0.4 is 15.4 Å². The second-order valence-corrected chi connectivity index (χ2v) is 9.77. The van der Waals surface area contributed by atoms with Crippen molar-refractivity contribution in [1.29, 1.82) is 0 Å². The molecule has 3 aromatic rings. The molecule has 3 rings (SSSR count). The second-order valence-electron chi connectivity index (χ2n) is 8.09. The molecule has 1 aromatic heterocycles. The Hall–Kier alpha value is -3.72. The third kappa shape index (κ3) is 6.39. The fourth-order valence-electron chi connectivity index (χ4n) is 2.80. The fraction of sp³-hybridized carbons (Fsp3) is 0.208. The van der Waals surface area contributed by atoms with Crippen molar-refractivity contribution in [2.75, 3.05) is 10.0 Å². The SMILES string of the molecule is CCC(C)(C)NC(=O)c1ccc(NC(=O)c2ccc(S(=O)(=O)Nc3ccncc3)cc2)cc1. The molecule has 3 N–H and O–H groups in total. The average Bonchev–Trinajstić information content (AvgIpc) is 2.79. The van der Waals surface area contributed by atoms with Gasteiger partial charge in [0.15, 0.2) is 0 Å². The standard InChI is InChI=1S/C24H26N4O4S/c1-4-24(2,3)27-23(30)18-5-9-19(10-6-18)26-22(29)17-7-11-21(12-8-17)33(31,32)28-20-13-15-25-16-14-20/h5-16H,4H2,1-3H3,(H,25,28)(H,26,29)(H,27,30). The maximum atomic E-state index is 12.5. The van der Waals surface area contributed by atoms with Crippen LogP contribution in [0.15, 0.2) is 78.0 Å². The van der Waals surface area contributed by atoms with Gasteiger partial charge < -0.3 is 10.6 Å². The summed E-state index contributed by atoms with van der Waals surface area (Å²) >= 11 is 0. The Morgan fingerprint density at radius 1 is 0.818 bits per heavy atom. The van der Waals surface area contributed by atoms with Crippen molar-refractivity contribution >= 4 is 33.2 Å². The van der Waals surface area contributed by atoms with Gasteiger partial charge in [0.2, 0.25) is 0 Å². The molecule has 0 aliphatic rings. The molecule has 172 valence electrons. The largest absolute Gasteiger partial charge is 0.347 e. The highest BCUT2D eigenvalue weighted by Crippen LogP contribution is 2.18. The lowest BCUT2D eigenvalue weighted by atomic mass is 10.0. The Labute approximate surface area is 193 Å². The van der Waals surface area contributed by atoms with Crippen molar-refractivity contribution in [2.45, 2.75) is 37.6 Å². The van der Waals surface area contributed by atoms with Gasteiger partial charge in [-0.3, -0.25) is 19.3 Å². The maximum absolute atomic E-state index is 12.5. The van der Waals surface area contributed by atoms with E-state index in [-0.39, 0.29) is 16.3 Å². The van der Waals surface area contributed by atoms with Crippen molar-refractivity contribution in [3.8, 4) is 0 Å². The number of benzene rings is 2. The molecule has 0 bridgehead atoms. The molecular formula is C24H26N4O4S. The van der Waals surface area contributed by atoms with Crippen LogP contribution in [0.1, 0.15) is 47.9 Å². The third-order valence-electron chi connectivity index (χ3n) is 5.10. The van der Waals surface area contributed by atoms with Crippen LogP contribution in [-0.2, 0) is 10.0 Å². The Morgan fingerprint density at radius 2 is 1.36 bits per heavy atom. The maximum Gasteiger partial charge on any atom is 0.261 e. The topological polar surface area (TPSA) is 117 Å². The average molecular weight is 467 g/mol. The van der Waals surface area contributed by atoms with Crippen LogP contribution in [0.5, 0.6) is 0 Å². The number of nitrogens with one attached hydrogen (secondary N) is 3. The van der Waals surface area contributed by atoms with E-state index in [2.05, 4.69) is 20.3 Å². The molecule has 0 radical (unpaired) electrons. The molecule has 0 spiro atoms. The molecular weight excluding hydrogens is 440 g/mol. The lowest BCUT2D eigenvalue weighted by Gasteiger charge is -2.24. The highest BCUT2D eigenvalue weighted by Gasteiger charge is 2.19. The van der Waals surface area contributed by atoms with Gasteiger partial charge in [-0.1, -0.05) is 6.92 Å². The van der Waals surface area contributed by atoms with Gasteiger partial charge in [0.25, 0.3) is 21.8 Å². The number of sulfonamides is 1. The molecule has 0 unspecified atom stereocenters. The first-order chi connectivity index (χ1) is 15.6. The van der Waals surface area contributed by atoms with E-state index in [0.717, 1.165) is 6.42 Å². The van der Waals surface area contributed by atoms with Gasteiger partial charge in [0, 0.05) is 34.7 Å². The number of aromatic nitrogens is 1. The van der Waals surface area contributed by atoms with E-state index in [1.165, 1.54) is 36.7 Å². The number of pyridine rings is 1. The molecule has 9 heteroatoms. The van der Waals surface area contributed by atoms with Crippen molar-refractivity contribution in [2.24, 2.45) is 0 Å². The molecule has 33 heavy (non-hydrogen) atoms. The number of anilines is 2. The first kappa shape index (κ1) is 23.9. The monoisotopic (exact) mass is 466 g/mol. The number of nitrogens with zero attached hydrogens (tertiary/aromatic N) is 1. The molecule has 2 aromatic carbocycles. The first-order valence-corrected chi connectivity index (χ1v) is 11.8. The zero-order valence-corrected chi connectivity index (χ0v) is 19.4. The smallest absolute Gasteiger partial charge is 0.261 e. The normalized spacial score (nSPS) is 11.5. The van der Waals surface area contributed by atoms with Gasteiger partial charge in [-0.05, 0) is 80.9 Å². The van der Waals surface area contributed by atoms with Crippen molar-refractivity contribution in [3.05, 3.63) is 84.2 Å². The van der Waals surface area contributed by atoms with E-state index in [9.17, 15) is 18.0 Å². The van der Waals surface area contributed by atoms with Crippen molar-refractivity contribution in [3.63, 3.8) is 0 Å². The summed E-state index contributed by atoms with van der Waals surface area (Å²) in [5.74, 6) is -0.581.